The van der Waals surface area contributed by atoms with E-state index in [2.05, 4.69) is 9.78 Å². The SMILES string of the molecule is CCCC(CC)C1(C(=O)O)OO1. The van der Waals surface area contributed by atoms with Crippen LogP contribution in [0.4, 0.5) is 0 Å². The van der Waals surface area contributed by atoms with Crippen LogP contribution in [0.25, 0.3) is 0 Å². The van der Waals surface area contributed by atoms with E-state index in [1.54, 1.807) is 0 Å². The van der Waals surface area contributed by atoms with Gasteiger partial charge in [0.15, 0.2) is 0 Å². The Morgan fingerprint density at radius 2 is 2.08 bits per heavy atom. The molecule has 0 aromatic heterocycles. The van der Waals surface area contributed by atoms with Crippen LogP contribution in [-0.4, -0.2) is 16.9 Å². The summed E-state index contributed by atoms with van der Waals surface area (Å²) in [6.45, 7) is 3.96. The van der Waals surface area contributed by atoms with Crippen molar-refractivity contribution < 1.29 is 19.7 Å². The van der Waals surface area contributed by atoms with Gasteiger partial charge in [-0.05, 0) is 12.8 Å². The van der Waals surface area contributed by atoms with Crippen molar-refractivity contribution in [3.63, 3.8) is 0 Å². The number of carboxylic acid groups (broad SMARTS) is 1. The van der Waals surface area contributed by atoms with Gasteiger partial charge in [-0.1, -0.05) is 20.3 Å². The molecule has 0 amide bonds. The summed E-state index contributed by atoms with van der Waals surface area (Å²) in [7, 11) is 0. The van der Waals surface area contributed by atoms with E-state index in [4.69, 9.17) is 5.11 Å². The summed E-state index contributed by atoms with van der Waals surface area (Å²) >= 11 is 0. The van der Waals surface area contributed by atoms with Crippen LogP contribution in [0.5, 0.6) is 0 Å². The Morgan fingerprint density at radius 1 is 1.50 bits per heavy atom. The van der Waals surface area contributed by atoms with Crippen molar-refractivity contribution in [3.8, 4) is 0 Å². The smallest absolute Gasteiger partial charge is 0.370 e. The van der Waals surface area contributed by atoms with Gasteiger partial charge in [0.25, 0.3) is 0 Å². The molecule has 1 aliphatic heterocycles. The van der Waals surface area contributed by atoms with E-state index in [9.17, 15) is 4.79 Å². The van der Waals surface area contributed by atoms with Crippen molar-refractivity contribution in [3.05, 3.63) is 0 Å². The van der Waals surface area contributed by atoms with Crippen LogP contribution in [0.15, 0.2) is 0 Å². The Morgan fingerprint density at radius 3 is 2.33 bits per heavy atom. The molecule has 70 valence electrons. The molecule has 0 aromatic rings. The molecule has 4 nitrogen and oxygen atoms in total. The fourth-order valence-electron chi connectivity index (χ4n) is 1.44. The first kappa shape index (κ1) is 9.48. The summed E-state index contributed by atoms with van der Waals surface area (Å²) in [5.41, 5.74) is 0. The number of carbonyl (C=O) groups is 1. The van der Waals surface area contributed by atoms with Gasteiger partial charge in [0.2, 0.25) is 0 Å². The largest absolute Gasteiger partial charge is 0.477 e. The second kappa shape index (κ2) is 3.41. The Labute approximate surface area is 71.4 Å². The molecular weight excluding hydrogens is 160 g/mol. The van der Waals surface area contributed by atoms with Gasteiger partial charge in [-0.15, -0.1) is 0 Å². The van der Waals surface area contributed by atoms with Gasteiger partial charge in [0, 0.05) is 5.92 Å². The lowest BCUT2D eigenvalue weighted by Gasteiger charge is -2.13. The van der Waals surface area contributed by atoms with Crippen molar-refractivity contribution in [1.29, 1.82) is 0 Å². The maximum absolute atomic E-state index is 10.7. The molecule has 0 aromatic carbocycles. The van der Waals surface area contributed by atoms with Gasteiger partial charge in [0.1, 0.15) is 0 Å². The molecule has 4 heteroatoms. The normalized spacial score (nSPS) is 21.8. The fraction of sp³-hybridized carbons (Fsp3) is 0.875. The molecular formula is C8H14O4. The first-order valence-corrected chi connectivity index (χ1v) is 4.27. The summed E-state index contributed by atoms with van der Waals surface area (Å²) in [5, 5.41) is 8.78. The molecule has 1 aliphatic rings. The van der Waals surface area contributed by atoms with Crippen molar-refractivity contribution in [1.82, 2.24) is 0 Å². The summed E-state index contributed by atoms with van der Waals surface area (Å²) in [4.78, 5) is 19.8. The van der Waals surface area contributed by atoms with Crippen LogP contribution >= 0.6 is 0 Å². The average molecular weight is 174 g/mol. The summed E-state index contributed by atoms with van der Waals surface area (Å²) in [5.74, 6) is -2.35. The predicted molar refractivity (Wildman–Crippen MR) is 41.2 cm³/mol. The molecule has 0 aliphatic carbocycles. The number of hydrogen-bond acceptors (Lipinski definition) is 3. The molecule has 0 radical (unpaired) electrons. The van der Waals surface area contributed by atoms with Crippen molar-refractivity contribution >= 4 is 5.97 Å². The predicted octanol–water partition coefficient (Wildman–Crippen LogP) is 1.56. The molecule has 1 N–H and O–H groups in total. The zero-order valence-corrected chi connectivity index (χ0v) is 7.37. The molecule has 0 bridgehead atoms. The number of hydrogen-bond donors (Lipinski definition) is 1. The van der Waals surface area contributed by atoms with Crippen LogP contribution in [0.2, 0.25) is 0 Å². The highest BCUT2D eigenvalue weighted by Crippen LogP contribution is 2.41. The number of aliphatic carboxylic acids is 1. The van der Waals surface area contributed by atoms with Crippen LogP contribution in [0.1, 0.15) is 33.1 Å². The van der Waals surface area contributed by atoms with Crippen LogP contribution < -0.4 is 0 Å². The van der Waals surface area contributed by atoms with E-state index in [1.165, 1.54) is 0 Å². The zero-order chi connectivity index (χ0) is 9.19. The van der Waals surface area contributed by atoms with Gasteiger partial charge in [-0.25, -0.2) is 4.79 Å². The minimum absolute atomic E-state index is 0.0278. The monoisotopic (exact) mass is 174 g/mol. The average Bonchev–Trinajstić information content (AvgIpc) is 2.80. The molecule has 1 heterocycles. The van der Waals surface area contributed by atoms with Gasteiger partial charge in [-0.3, -0.25) is 0 Å². The second-order valence-electron chi connectivity index (χ2n) is 3.03. The minimum atomic E-state index is -1.31. The summed E-state index contributed by atoms with van der Waals surface area (Å²) < 4.78 is 0. The lowest BCUT2D eigenvalue weighted by Crippen LogP contribution is -2.32. The zero-order valence-electron chi connectivity index (χ0n) is 7.37. The Balaban J connectivity index is 2.58. The highest BCUT2D eigenvalue weighted by molar-refractivity contribution is 5.77. The summed E-state index contributed by atoms with van der Waals surface area (Å²) in [6.07, 6.45) is 2.53. The standard InChI is InChI=1S/C8H14O4/c1-3-5-6(4-2)8(7(9)10)11-12-8/h6H,3-5H2,1-2H3,(H,9,10). The molecule has 1 saturated heterocycles. The van der Waals surface area contributed by atoms with Crippen LogP contribution in [0.3, 0.4) is 0 Å². The number of carboxylic acids is 1. The lowest BCUT2D eigenvalue weighted by atomic mass is 9.92. The Bertz CT molecular complexity index is 174. The highest BCUT2D eigenvalue weighted by atomic mass is 17.4. The molecule has 12 heavy (non-hydrogen) atoms. The molecule has 0 spiro atoms. The first-order chi connectivity index (χ1) is 5.67. The van der Waals surface area contributed by atoms with E-state index >= 15 is 0 Å². The third kappa shape index (κ3) is 1.44. The van der Waals surface area contributed by atoms with E-state index in [1.807, 2.05) is 13.8 Å². The Kier molecular flexibility index (Phi) is 2.69. The Hall–Kier alpha value is -0.610. The van der Waals surface area contributed by atoms with Gasteiger partial charge in [-0.2, -0.15) is 9.78 Å². The van der Waals surface area contributed by atoms with Crippen molar-refractivity contribution in [2.24, 2.45) is 5.92 Å². The lowest BCUT2D eigenvalue weighted by molar-refractivity contribution is -0.146. The molecule has 1 rings (SSSR count). The quantitative estimate of drug-likeness (QED) is 0.507. The van der Waals surface area contributed by atoms with Crippen molar-refractivity contribution in [2.75, 3.05) is 0 Å². The highest BCUT2D eigenvalue weighted by Gasteiger charge is 2.62. The third-order valence-corrected chi connectivity index (χ3v) is 2.23. The molecule has 1 atom stereocenters. The van der Waals surface area contributed by atoms with Crippen LogP contribution in [-0.2, 0) is 14.6 Å². The minimum Gasteiger partial charge on any atom is -0.477 e. The molecule has 1 fully saturated rings. The van der Waals surface area contributed by atoms with E-state index in [-0.39, 0.29) is 5.92 Å². The maximum atomic E-state index is 10.7. The van der Waals surface area contributed by atoms with Crippen molar-refractivity contribution in [2.45, 2.75) is 38.9 Å². The van der Waals surface area contributed by atoms with Gasteiger partial charge >= 0.3 is 11.8 Å². The second-order valence-corrected chi connectivity index (χ2v) is 3.03. The van der Waals surface area contributed by atoms with Crippen LogP contribution in [0, 0.1) is 5.92 Å². The summed E-state index contributed by atoms with van der Waals surface area (Å²) in [6, 6.07) is 0. The van der Waals surface area contributed by atoms with Gasteiger partial charge in [0.05, 0.1) is 0 Å². The molecule has 0 saturated carbocycles. The van der Waals surface area contributed by atoms with E-state index in [0.717, 1.165) is 19.3 Å². The number of rotatable bonds is 5. The van der Waals surface area contributed by atoms with E-state index in [0.29, 0.717) is 0 Å². The maximum Gasteiger partial charge on any atom is 0.370 e. The fourth-order valence-corrected chi connectivity index (χ4v) is 1.44. The first-order valence-electron chi connectivity index (χ1n) is 4.27. The third-order valence-electron chi connectivity index (χ3n) is 2.23. The topological polar surface area (TPSA) is 62.4 Å². The van der Waals surface area contributed by atoms with Gasteiger partial charge < -0.3 is 5.11 Å². The van der Waals surface area contributed by atoms with E-state index < -0.39 is 11.8 Å². The molecule has 1 unspecified atom stereocenters.